The molecule has 5 aromatic rings. The number of carbonyl (C=O) groups excluding carboxylic acids is 2. The first-order valence-corrected chi connectivity index (χ1v) is 19.1. The number of fused-ring (bicyclic) bond motifs is 2. The number of nitrogens with zero attached hydrogens (tertiary/aromatic N) is 5. The molecule has 2 aliphatic heterocycles. The second-order valence-electron chi connectivity index (χ2n) is 14.9. The van der Waals surface area contributed by atoms with Crippen LogP contribution in [0.4, 0.5) is 5.69 Å². The fraction of sp³-hybridized carbons (Fsp3) is 0.364. The molecule has 0 bridgehead atoms. The quantitative estimate of drug-likeness (QED) is 0.172. The second kappa shape index (κ2) is 17.5. The van der Waals surface area contributed by atoms with Gasteiger partial charge in [-0.1, -0.05) is 79.9 Å². The number of hydrogen-bond acceptors (Lipinski definition) is 6. The van der Waals surface area contributed by atoms with Crippen LogP contribution in [-0.2, 0) is 13.0 Å². The highest BCUT2D eigenvalue weighted by Crippen LogP contribution is 2.38. The number of aromatic nitrogens is 1. The maximum Gasteiger partial charge on any atom is 0.260 e. The fourth-order valence-electron chi connectivity index (χ4n) is 8.66. The molecule has 1 N–H and O–H groups in total. The molecule has 4 aromatic carbocycles. The molecule has 55 heavy (non-hydrogen) atoms. The van der Waals surface area contributed by atoms with Crippen molar-refractivity contribution < 1.29 is 19.4 Å². The molecule has 0 unspecified atom stereocenters. The Bertz CT molecular complexity index is 2110. The monoisotopic (exact) mass is 783 g/mol. The van der Waals surface area contributed by atoms with E-state index < -0.39 is 0 Å². The Hall–Kier alpha value is -4.54. The average Bonchev–Trinajstić information content (AvgIpc) is 3.59. The van der Waals surface area contributed by atoms with Crippen LogP contribution in [0.25, 0.3) is 16.6 Å². The molecule has 290 valence electrons. The lowest BCUT2D eigenvalue weighted by Crippen LogP contribution is -2.53. The predicted octanol–water partition coefficient (Wildman–Crippen LogP) is 7.98. The summed E-state index contributed by atoms with van der Waals surface area (Å²) >= 11 is 0. The number of aromatic hydroxyl groups is 1. The zero-order chi connectivity index (χ0) is 36.5. The van der Waals surface area contributed by atoms with Crippen molar-refractivity contribution in [1.82, 2.24) is 19.3 Å². The van der Waals surface area contributed by atoms with Crippen LogP contribution in [0.2, 0.25) is 0 Å². The number of amides is 2. The number of carbonyl (C=O) groups is 2. The molecule has 0 spiro atoms. The average molecular weight is 785 g/mol. The van der Waals surface area contributed by atoms with E-state index in [-0.39, 0.29) is 60.2 Å². The molecule has 1 atom stereocenters. The highest BCUT2D eigenvalue weighted by atomic mass is 35.5. The normalized spacial score (nSPS) is 17.9. The number of phenolic OH excluding ortho intramolecular Hbond substituents is 1. The van der Waals surface area contributed by atoms with Crippen molar-refractivity contribution in [3.63, 3.8) is 0 Å². The van der Waals surface area contributed by atoms with Crippen LogP contribution >= 0.6 is 24.8 Å². The summed E-state index contributed by atoms with van der Waals surface area (Å²) in [4.78, 5) is 38.8. The highest BCUT2D eigenvalue weighted by Gasteiger charge is 2.35. The number of anilines is 1. The predicted molar refractivity (Wildman–Crippen MR) is 224 cm³/mol. The van der Waals surface area contributed by atoms with Crippen molar-refractivity contribution in [3.05, 3.63) is 119 Å². The lowest BCUT2D eigenvalue weighted by Gasteiger charge is -2.41. The summed E-state index contributed by atoms with van der Waals surface area (Å²) in [6.45, 7) is 5.16. The number of hydrogen-bond donors (Lipinski definition) is 1. The van der Waals surface area contributed by atoms with E-state index in [1.54, 1.807) is 12.1 Å². The minimum Gasteiger partial charge on any atom is -0.504 e. The summed E-state index contributed by atoms with van der Waals surface area (Å²) in [5, 5.41) is 12.0. The number of likely N-dealkylation sites (N-methyl/N-ethyl adjacent to an activating group) is 1. The standard InChI is InChI=1S/C44H49N5O4.2ClH/c1-45-21-23-46(24-22-45)29-35-25-31-13-9-10-14-32(31)28-47(35)43(51)37-26-41(50)42(53-2)27-40(37)48-30-38(36-19-11-12-20-39(36)48)44(52)49(33-15-5-3-6-16-33)34-17-7-4-8-18-34;;/h3,5-6,9-16,19-20,26-27,30,34-35,50H,4,7-8,17-18,21-25,28-29H2,1-2H3;2*1H/t35-;;/m0../s1. The van der Waals surface area contributed by atoms with Gasteiger partial charge in [-0.3, -0.25) is 14.5 Å². The van der Waals surface area contributed by atoms with Gasteiger partial charge in [0.1, 0.15) is 0 Å². The number of ether oxygens (including phenoxy) is 1. The van der Waals surface area contributed by atoms with E-state index in [0.717, 1.165) is 87.0 Å². The molecular formula is C44H51Cl2N5O4. The Labute approximate surface area is 336 Å². The molecule has 9 nitrogen and oxygen atoms in total. The first-order chi connectivity index (χ1) is 25.9. The van der Waals surface area contributed by atoms with Crippen LogP contribution < -0.4 is 9.64 Å². The molecule has 1 aromatic heterocycles. The van der Waals surface area contributed by atoms with E-state index >= 15 is 4.79 Å². The van der Waals surface area contributed by atoms with Gasteiger partial charge in [-0.15, -0.1) is 24.8 Å². The third kappa shape index (κ3) is 8.07. The van der Waals surface area contributed by atoms with E-state index in [0.29, 0.717) is 23.4 Å². The molecule has 3 aliphatic rings. The Morgan fingerprint density at radius 1 is 0.818 bits per heavy atom. The van der Waals surface area contributed by atoms with Gasteiger partial charge in [0.2, 0.25) is 0 Å². The molecule has 2 fully saturated rings. The Balaban J connectivity index is 0.00000257. The van der Waals surface area contributed by atoms with Crippen molar-refractivity contribution >= 4 is 53.2 Å². The number of rotatable bonds is 8. The fourth-order valence-corrected chi connectivity index (χ4v) is 8.66. The van der Waals surface area contributed by atoms with Crippen LogP contribution in [0.1, 0.15) is 63.9 Å². The van der Waals surface area contributed by atoms with Gasteiger partial charge in [0, 0.05) is 74.7 Å². The van der Waals surface area contributed by atoms with Crippen LogP contribution in [-0.4, -0.2) is 95.2 Å². The maximum atomic E-state index is 15.1. The van der Waals surface area contributed by atoms with Gasteiger partial charge in [-0.05, 0) is 61.7 Å². The molecule has 1 aliphatic carbocycles. The number of methoxy groups -OCH3 is 1. The molecule has 1 saturated carbocycles. The molecular weight excluding hydrogens is 733 g/mol. The van der Waals surface area contributed by atoms with Gasteiger partial charge in [0.05, 0.1) is 29.4 Å². The number of piperazine rings is 1. The minimum absolute atomic E-state index is 0. The Morgan fingerprint density at radius 3 is 2.22 bits per heavy atom. The molecule has 2 amide bonds. The zero-order valence-electron chi connectivity index (χ0n) is 31.6. The maximum absolute atomic E-state index is 15.1. The van der Waals surface area contributed by atoms with Crippen molar-refractivity contribution in [2.75, 3.05) is 51.8 Å². The third-order valence-electron chi connectivity index (χ3n) is 11.6. The molecule has 1 saturated heterocycles. The van der Waals surface area contributed by atoms with Crippen LogP contribution in [0.5, 0.6) is 11.5 Å². The first kappa shape index (κ1) is 40.1. The van der Waals surface area contributed by atoms with E-state index in [9.17, 15) is 9.90 Å². The van der Waals surface area contributed by atoms with Crippen LogP contribution in [0, 0.1) is 0 Å². The van der Waals surface area contributed by atoms with Gasteiger partial charge in [0.15, 0.2) is 11.5 Å². The van der Waals surface area contributed by atoms with Crippen molar-refractivity contribution in [3.8, 4) is 17.2 Å². The van der Waals surface area contributed by atoms with E-state index in [1.807, 2.05) is 81.2 Å². The van der Waals surface area contributed by atoms with Crippen molar-refractivity contribution in [2.24, 2.45) is 0 Å². The van der Waals surface area contributed by atoms with E-state index in [4.69, 9.17) is 4.74 Å². The van der Waals surface area contributed by atoms with Crippen molar-refractivity contribution in [2.45, 2.75) is 57.2 Å². The summed E-state index contributed by atoms with van der Waals surface area (Å²) < 4.78 is 7.57. The van der Waals surface area contributed by atoms with Gasteiger partial charge in [-0.2, -0.15) is 0 Å². The Kier molecular flexibility index (Phi) is 12.8. The number of phenols is 1. The second-order valence-corrected chi connectivity index (χ2v) is 14.9. The van der Waals surface area contributed by atoms with E-state index in [1.165, 1.54) is 19.1 Å². The lowest BCUT2D eigenvalue weighted by molar-refractivity contribution is 0.0535. The topological polar surface area (TPSA) is 81.5 Å². The van der Waals surface area contributed by atoms with Gasteiger partial charge < -0.3 is 29.1 Å². The summed E-state index contributed by atoms with van der Waals surface area (Å²) in [6.07, 6.45) is 7.93. The van der Waals surface area contributed by atoms with Crippen molar-refractivity contribution in [1.29, 1.82) is 0 Å². The molecule has 8 rings (SSSR count). The third-order valence-corrected chi connectivity index (χ3v) is 11.6. The lowest BCUT2D eigenvalue weighted by atomic mass is 9.92. The highest BCUT2D eigenvalue weighted by molar-refractivity contribution is 6.15. The smallest absolute Gasteiger partial charge is 0.260 e. The van der Waals surface area contributed by atoms with Gasteiger partial charge in [0.25, 0.3) is 11.8 Å². The summed E-state index contributed by atoms with van der Waals surface area (Å²) in [6, 6.07) is 29.6. The number of para-hydroxylation sites is 2. The molecule has 0 radical (unpaired) electrons. The molecule has 3 heterocycles. The van der Waals surface area contributed by atoms with Gasteiger partial charge >= 0.3 is 0 Å². The SMILES string of the molecule is COc1cc(-n2cc(C(=O)N(c3ccccc3)C3CCCCC3)c3ccccc32)c(C(=O)N2Cc3ccccc3C[C@H]2CN2CCN(C)CC2)cc1O.Cl.Cl. The number of halogens is 2. The summed E-state index contributed by atoms with van der Waals surface area (Å²) in [5.41, 5.74) is 5.58. The molecule has 11 heteroatoms. The van der Waals surface area contributed by atoms with Gasteiger partial charge in [-0.25, -0.2) is 0 Å². The largest absolute Gasteiger partial charge is 0.504 e. The Morgan fingerprint density at radius 2 is 1.49 bits per heavy atom. The van der Waals surface area contributed by atoms with E-state index in [2.05, 4.69) is 35.0 Å². The minimum atomic E-state index is -0.162. The summed E-state index contributed by atoms with van der Waals surface area (Å²) in [7, 11) is 3.67. The number of benzene rings is 4. The zero-order valence-corrected chi connectivity index (χ0v) is 33.2. The summed E-state index contributed by atoms with van der Waals surface area (Å²) in [5.74, 6) is -0.0665. The first-order valence-electron chi connectivity index (χ1n) is 19.1. The van der Waals surface area contributed by atoms with Crippen LogP contribution in [0.15, 0.2) is 97.2 Å². The van der Waals surface area contributed by atoms with Crippen LogP contribution in [0.3, 0.4) is 0 Å².